The number of rotatable bonds is 3. The van der Waals surface area contributed by atoms with Crippen molar-refractivity contribution in [1.82, 2.24) is 4.90 Å². The van der Waals surface area contributed by atoms with Gasteiger partial charge in [0.05, 0.1) is 0 Å². The maximum atomic E-state index is 3.59. The van der Waals surface area contributed by atoms with E-state index in [0.717, 1.165) is 36.3 Å². The molecule has 4 bridgehead atoms. The molecule has 0 heterocycles. The van der Waals surface area contributed by atoms with Crippen molar-refractivity contribution in [3.63, 3.8) is 0 Å². The second-order valence-corrected chi connectivity index (χ2v) is 8.38. The number of benzene rings is 1. The molecule has 4 saturated carbocycles. The van der Waals surface area contributed by atoms with Gasteiger partial charge in [0.15, 0.2) is 0 Å². The van der Waals surface area contributed by atoms with E-state index in [2.05, 4.69) is 52.1 Å². The third kappa shape index (κ3) is 2.35. The minimum Gasteiger partial charge on any atom is -0.299 e. The van der Waals surface area contributed by atoms with E-state index in [1.165, 1.54) is 35.7 Å². The topological polar surface area (TPSA) is 3.24 Å². The number of halogens is 1. The SMILES string of the molecule is CN(Cc1cccc(Br)c1)C1C2CC3CC(C2)CC1C3. The van der Waals surface area contributed by atoms with E-state index < -0.39 is 0 Å². The molecule has 4 aliphatic rings. The average Bonchev–Trinajstić information content (AvgIpc) is 2.37. The van der Waals surface area contributed by atoms with E-state index in [4.69, 9.17) is 0 Å². The largest absolute Gasteiger partial charge is 0.299 e. The minimum absolute atomic E-state index is 0.849. The molecule has 0 unspecified atom stereocenters. The summed E-state index contributed by atoms with van der Waals surface area (Å²) >= 11 is 3.59. The van der Waals surface area contributed by atoms with E-state index in [1.807, 2.05) is 0 Å². The lowest BCUT2D eigenvalue weighted by Crippen LogP contribution is -2.54. The van der Waals surface area contributed by atoms with Crippen LogP contribution < -0.4 is 0 Å². The highest BCUT2D eigenvalue weighted by molar-refractivity contribution is 9.10. The zero-order valence-electron chi connectivity index (χ0n) is 12.3. The molecule has 20 heavy (non-hydrogen) atoms. The van der Waals surface area contributed by atoms with Crippen LogP contribution in [0.3, 0.4) is 0 Å². The van der Waals surface area contributed by atoms with Gasteiger partial charge in [-0.2, -0.15) is 0 Å². The number of nitrogens with zero attached hydrogens (tertiary/aromatic N) is 1. The van der Waals surface area contributed by atoms with Crippen molar-refractivity contribution in [2.75, 3.05) is 7.05 Å². The van der Waals surface area contributed by atoms with E-state index in [-0.39, 0.29) is 0 Å². The summed E-state index contributed by atoms with van der Waals surface area (Å²) in [4.78, 5) is 2.66. The summed E-state index contributed by atoms with van der Waals surface area (Å²) in [5.74, 6) is 4.13. The lowest BCUT2D eigenvalue weighted by Gasteiger charge is -2.56. The molecule has 1 nitrogen and oxygen atoms in total. The maximum absolute atomic E-state index is 3.59. The van der Waals surface area contributed by atoms with Crippen LogP contribution in [-0.4, -0.2) is 18.0 Å². The van der Waals surface area contributed by atoms with Crippen LogP contribution in [0.2, 0.25) is 0 Å². The van der Waals surface area contributed by atoms with Gasteiger partial charge in [-0.3, -0.25) is 4.90 Å². The monoisotopic (exact) mass is 333 g/mol. The van der Waals surface area contributed by atoms with E-state index in [1.54, 1.807) is 6.42 Å². The van der Waals surface area contributed by atoms with Gasteiger partial charge in [-0.25, -0.2) is 0 Å². The summed E-state index contributed by atoms with van der Waals surface area (Å²) in [6.07, 6.45) is 7.61. The molecule has 0 radical (unpaired) electrons. The molecule has 0 aliphatic heterocycles. The third-order valence-corrected chi connectivity index (χ3v) is 6.50. The summed E-state index contributed by atoms with van der Waals surface area (Å²) in [5, 5.41) is 0. The van der Waals surface area contributed by atoms with Crippen LogP contribution in [0.5, 0.6) is 0 Å². The lowest BCUT2D eigenvalue weighted by atomic mass is 9.54. The van der Waals surface area contributed by atoms with Gasteiger partial charge in [-0.15, -0.1) is 0 Å². The van der Waals surface area contributed by atoms with Gasteiger partial charge < -0.3 is 0 Å². The summed E-state index contributed by atoms with van der Waals surface area (Å²) in [6.45, 7) is 1.10. The van der Waals surface area contributed by atoms with Gasteiger partial charge in [-0.05, 0) is 80.5 Å². The van der Waals surface area contributed by atoms with Crippen molar-refractivity contribution >= 4 is 15.9 Å². The second kappa shape index (κ2) is 5.14. The Kier molecular flexibility index (Phi) is 3.42. The lowest BCUT2D eigenvalue weighted by molar-refractivity contribution is -0.0598. The van der Waals surface area contributed by atoms with Gasteiger partial charge in [0.25, 0.3) is 0 Å². The van der Waals surface area contributed by atoms with Crippen molar-refractivity contribution in [3.8, 4) is 0 Å². The summed E-state index contributed by atoms with van der Waals surface area (Å²) < 4.78 is 1.20. The highest BCUT2D eigenvalue weighted by Gasteiger charge is 2.49. The maximum Gasteiger partial charge on any atom is 0.0234 e. The zero-order valence-corrected chi connectivity index (χ0v) is 13.8. The molecule has 2 heteroatoms. The molecule has 0 N–H and O–H groups in total. The highest BCUT2D eigenvalue weighted by Crippen LogP contribution is 2.55. The first-order chi connectivity index (χ1) is 9.69. The Hall–Kier alpha value is -0.340. The van der Waals surface area contributed by atoms with Crippen molar-refractivity contribution in [1.29, 1.82) is 0 Å². The normalized spacial score (nSPS) is 38.6. The van der Waals surface area contributed by atoms with Crippen LogP contribution in [0.25, 0.3) is 0 Å². The predicted octanol–water partition coefficient (Wildman–Crippen LogP) is 4.71. The fourth-order valence-electron chi connectivity index (χ4n) is 5.64. The van der Waals surface area contributed by atoms with Crippen molar-refractivity contribution in [3.05, 3.63) is 34.3 Å². The van der Waals surface area contributed by atoms with E-state index in [0.29, 0.717) is 0 Å². The molecule has 5 rings (SSSR count). The predicted molar refractivity (Wildman–Crippen MR) is 86.4 cm³/mol. The standard InChI is InChI=1S/C18H24BrN/c1-20(11-12-3-2-4-17(19)10-12)18-15-6-13-5-14(8-15)9-16(18)7-13/h2-4,10,13-16,18H,5-9,11H2,1H3. The fraction of sp³-hybridized carbons (Fsp3) is 0.667. The molecule has 108 valence electrons. The molecule has 1 aromatic carbocycles. The van der Waals surface area contributed by atoms with Crippen LogP contribution in [0.1, 0.15) is 37.7 Å². The van der Waals surface area contributed by atoms with Crippen LogP contribution in [-0.2, 0) is 6.54 Å². The van der Waals surface area contributed by atoms with Crippen LogP contribution in [0.4, 0.5) is 0 Å². The summed E-state index contributed by atoms with van der Waals surface area (Å²) in [7, 11) is 2.35. The second-order valence-electron chi connectivity index (χ2n) is 7.47. The Morgan fingerprint density at radius 3 is 2.30 bits per heavy atom. The molecule has 0 spiro atoms. The van der Waals surface area contributed by atoms with Gasteiger partial charge >= 0.3 is 0 Å². The molecule has 0 saturated heterocycles. The molecule has 0 aromatic heterocycles. The summed E-state index contributed by atoms with van der Waals surface area (Å²) in [5.41, 5.74) is 1.44. The fourth-order valence-corrected chi connectivity index (χ4v) is 6.09. The first-order valence-corrected chi connectivity index (χ1v) is 8.93. The van der Waals surface area contributed by atoms with E-state index >= 15 is 0 Å². The Bertz CT molecular complexity index is 470. The molecule has 4 aliphatic carbocycles. The molecular weight excluding hydrogens is 310 g/mol. The highest BCUT2D eigenvalue weighted by atomic mass is 79.9. The number of hydrogen-bond acceptors (Lipinski definition) is 1. The smallest absolute Gasteiger partial charge is 0.0234 e. The molecule has 0 atom stereocenters. The van der Waals surface area contributed by atoms with Gasteiger partial charge in [0.1, 0.15) is 0 Å². The third-order valence-electron chi connectivity index (χ3n) is 6.01. The molecule has 0 amide bonds. The first-order valence-electron chi connectivity index (χ1n) is 8.13. The molecular formula is C18H24BrN. The molecule has 1 aromatic rings. The van der Waals surface area contributed by atoms with Crippen molar-refractivity contribution < 1.29 is 0 Å². The quantitative estimate of drug-likeness (QED) is 0.774. The zero-order chi connectivity index (χ0) is 13.7. The molecule has 4 fully saturated rings. The van der Waals surface area contributed by atoms with Crippen LogP contribution in [0.15, 0.2) is 28.7 Å². The Balaban J connectivity index is 1.50. The Morgan fingerprint density at radius 1 is 1.05 bits per heavy atom. The minimum atomic E-state index is 0.849. The average molecular weight is 334 g/mol. The van der Waals surface area contributed by atoms with Crippen LogP contribution >= 0.6 is 15.9 Å². The van der Waals surface area contributed by atoms with Gasteiger partial charge in [0.2, 0.25) is 0 Å². The van der Waals surface area contributed by atoms with E-state index in [9.17, 15) is 0 Å². The first kappa shape index (κ1) is 13.3. The Morgan fingerprint density at radius 2 is 1.70 bits per heavy atom. The van der Waals surface area contributed by atoms with Crippen molar-refractivity contribution in [2.45, 2.75) is 44.7 Å². The Labute approximate surface area is 130 Å². The summed E-state index contributed by atoms with van der Waals surface area (Å²) in [6, 6.07) is 9.65. The van der Waals surface area contributed by atoms with Crippen molar-refractivity contribution in [2.24, 2.45) is 23.7 Å². The number of hydrogen-bond donors (Lipinski definition) is 0. The van der Waals surface area contributed by atoms with Gasteiger partial charge in [-0.1, -0.05) is 28.1 Å². The van der Waals surface area contributed by atoms with Crippen LogP contribution in [0, 0.1) is 23.7 Å². The van der Waals surface area contributed by atoms with Gasteiger partial charge in [0, 0.05) is 17.1 Å².